The smallest absolute Gasteiger partial charge is 0.255 e. The van der Waals surface area contributed by atoms with Gasteiger partial charge in [-0.2, -0.15) is 10.2 Å². The summed E-state index contributed by atoms with van der Waals surface area (Å²) in [4.78, 5) is 12.6. The molecule has 0 radical (unpaired) electrons. The van der Waals surface area contributed by atoms with Crippen LogP contribution < -0.4 is 5.32 Å². The van der Waals surface area contributed by atoms with Crippen molar-refractivity contribution in [2.45, 2.75) is 20.4 Å². The Morgan fingerprint density at radius 3 is 2.58 bits per heavy atom. The van der Waals surface area contributed by atoms with Gasteiger partial charge in [0.1, 0.15) is 0 Å². The Balaban J connectivity index is 1.84. The molecule has 0 aliphatic carbocycles. The number of nitrogens with zero attached hydrogens (tertiary/aromatic N) is 4. The highest BCUT2D eigenvalue weighted by Crippen LogP contribution is 2.19. The molecule has 3 aromatic rings. The summed E-state index contributed by atoms with van der Waals surface area (Å²) in [6.07, 6.45) is 1.71. The first-order valence-corrected chi connectivity index (χ1v) is 8.34. The van der Waals surface area contributed by atoms with E-state index in [1.165, 1.54) is 0 Å². The van der Waals surface area contributed by atoms with Gasteiger partial charge in [-0.25, -0.2) is 4.68 Å². The molecule has 1 amide bonds. The van der Waals surface area contributed by atoms with E-state index in [4.69, 9.17) is 0 Å². The van der Waals surface area contributed by atoms with Gasteiger partial charge in [0.2, 0.25) is 0 Å². The first-order valence-electron chi connectivity index (χ1n) is 7.55. The molecule has 3 rings (SSSR count). The van der Waals surface area contributed by atoms with Crippen molar-refractivity contribution in [3.8, 4) is 5.69 Å². The van der Waals surface area contributed by atoms with Gasteiger partial charge in [0.25, 0.3) is 5.91 Å². The molecule has 0 saturated heterocycles. The number of amides is 1. The van der Waals surface area contributed by atoms with Gasteiger partial charge in [-0.3, -0.25) is 9.48 Å². The van der Waals surface area contributed by atoms with Gasteiger partial charge in [0, 0.05) is 7.05 Å². The summed E-state index contributed by atoms with van der Waals surface area (Å²) in [7, 11) is 1.84. The van der Waals surface area contributed by atoms with E-state index < -0.39 is 0 Å². The molecule has 0 unspecified atom stereocenters. The van der Waals surface area contributed by atoms with Crippen LogP contribution in [-0.2, 0) is 13.6 Å². The van der Waals surface area contributed by atoms with Gasteiger partial charge >= 0.3 is 0 Å². The molecule has 7 heteroatoms. The van der Waals surface area contributed by atoms with E-state index in [-0.39, 0.29) is 5.91 Å². The van der Waals surface area contributed by atoms with Crippen molar-refractivity contribution in [2.75, 3.05) is 0 Å². The Kier molecular flexibility index (Phi) is 4.53. The lowest BCUT2D eigenvalue weighted by Crippen LogP contribution is -2.25. The summed E-state index contributed by atoms with van der Waals surface area (Å²) in [5.74, 6) is -0.139. The zero-order valence-corrected chi connectivity index (χ0v) is 15.3. The van der Waals surface area contributed by atoms with Crippen molar-refractivity contribution in [2.24, 2.45) is 7.05 Å². The van der Waals surface area contributed by atoms with Crippen molar-refractivity contribution < 1.29 is 4.79 Å². The van der Waals surface area contributed by atoms with Crippen molar-refractivity contribution >= 4 is 21.8 Å². The van der Waals surface area contributed by atoms with Gasteiger partial charge in [-0.15, -0.1) is 0 Å². The standard InChI is InChI=1S/C17H18BrN5O/c1-11-16(12(2)23(21-11)13-7-5-4-6-8-13)17(24)19-10-15-14(18)9-20-22(15)3/h4-9H,10H2,1-3H3,(H,19,24). The van der Waals surface area contributed by atoms with Crippen LogP contribution in [0, 0.1) is 13.8 Å². The lowest BCUT2D eigenvalue weighted by molar-refractivity contribution is 0.0948. The second-order valence-corrected chi connectivity index (χ2v) is 6.39. The fourth-order valence-corrected chi connectivity index (χ4v) is 3.17. The molecule has 2 aromatic heterocycles. The Bertz CT molecular complexity index is 863. The molecule has 0 bridgehead atoms. The third-order valence-corrected chi connectivity index (χ3v) is 4.61. The molecule has 0 atom stereocenters. The highest BCUT2D eigenvalue weighted by Gasteiger charge is 2.19. The zero-order chi connectivity index (χ0) is 17.3. The third kappa shape index (κ3) is 2.99. The monoisotopic (exact) mass is 387 g/mol. The fourth-order valence-electron chi connectivity index (χ4n) is 2.68. The quantitative estimate of drug-likeness (QED) is 0.748. The summed E-state index contributed by atoms with van der Waals surface area (Å²) < 4.78 is 4.40. The Labute approximate surface area is 148 Å². The zero-order valence-electron chi connectivity index (χ0n) is 13.7. The number of carbonyl (C=O) groups excluding carboxylic acids is 1. The SMILES string of the molecule is Cc1nn(-c2ccccc2)c(C)c1C(=O)NCc1c(Br)cnn1C. The van der Waals surface area contributed by atoms with Crippen LogP contribution in [0.25, 0.3) is 5.69 Å². The number of aromatic nitrogens is 4. The number of hydrogen-bond donors (Lipinski definition) is 1. The van der Waals surface area contributed by atoms with Gasteiger partial charge < -0.3 is 5.32 Å². The average molecular weight is 388 g/mol. The Morgan fingerprint density at radius 1 is 1.25 bits per heavy atom. The molecular formula is C17H18BrN5O. The number of carbonyl (C=O) groups is 1. The maximum atomic E-state index is 12.6. The highest BCUT2D eigenvalue weighted by atomic mass is 79.9. The largest absolute Gasteiger partial charge is 0.346 e. The minimum Gasteiger partial charge on any atom is -0.346 e. The molecule has 0 saturated carbocycles. The number of aryl methyl sites for hydroxylation is 2. The fraction of sp³-hybridized carbons (Fsp3) is 0.235. The van der Waals surface area contributed by atoms with Crippen LogP contribution in [0.2, 0.25) is 0 Å². The van der Waals surface area contributed by atoms with E-state index in [1.807, 2.05) is 51.2 Å². The van der Waals surface area contributed by atoms with Crippen LogP contribution in [0.15, 0.2) is 41.0 Å². The number of para-hydroxylation sites is 1. The minimum atomic E-state index is -0.139. The van der Waals surface area contributed by atoms with Crippen molar-refractivity contribution in [3.05, 3.63) is 63.6 Å². The van der Waals surface area contributed by atoms with Gasteiger partial charge in [-0.05, 0) is 41.9 Å². The molecule has 1 N–H and O–H groups in total. The molecule has 0 fully saturated rings. The van der Waals surface area contributed by atoms with Gasteiger partial charge in [-0.1, -0.05) is 18.2 Å². The second kappa shape index (κ2) is 6.60. The van der Waals surface area contributed by atoms with Crippen LogP contribution in [0.5, 0.6) is 0 Å². The number of hydrogen-bond acceptors (Lipinski definition) is 3. The van der Waals surface area contributed by atoms with Gasteiger partial charge in [0.15, 0.2) is 0 Å². The van der Waals surface area contributed by atoms with Crippen molar-refractivity contribution in [3.63, 3.8) is 0 Å². The van der Waals surface area contributed by atoms with Gasteiger partial charge in [0.05, 0.1) is 45.5 Å². The number of nitrogens with one attached hydrogen (secondary N) is 1. The number of benzene rings is 1. The summed E-state index contributed by atoms with van der Waals surface area (Å²) in [6, 6.07) is 9.78. The second-order valence-electron chi connectivity index (χ2n) is 5.54. The lowest BCUT2D eigenvalue weighted by Gasteiger charge is -2.07. The predicted octanol–water partition coefficient (Wildman–Crippen LogP) is 2.92. The maximum absolute atomic E-state index is 12.6. The summed E-state index contributed by atoms with van der Waals surface area (Å²) in [5.41, 5.74) is 3.98. The van der Waals surface area contributed by atoms with E-state index in [0.717, 1.165) is 21.5 Å². The molecule has 2 heterocycles. The maximum Gasteiger partial charge on any atom is 0.255 e. The van der Waals surface area contributed by atoms with Crippen LogP contribution in [0.1, 0.15) is 27.4 Å². The molecule has 1 aromatic carbocycles. The van der Waals surface area contributed by atoms with Crippen LogP contribution in [0.3, 0.4) is 0 Å². The van der Waals surface area contributed by atoms with Crippen LogP contribution in [-0.4, -0.2) is 25.5 Å². The minimum absolute atomic E-state index is 0.139. The Morgan fingerprint density at radius 2 is 1.96 bits per heavy atom. The third-order valence-electron chi connectivity index (χ3n) is 3.95. The van der Waals surface area contributed by atoms with E-state index in [2.05, 4.69) is 31.4 Å². The summed E-state index contributed by atoms with van der Waals surface area (Å²) in [6.45, 7) is 4.15. The first kappa shape index (κ1) is 16.4. The summed E-state index contributed by atoms with van der Waals surface area (Å²) >= 11 is 3.44. The van der Waals surface area contributed by atoms with E-state index >= 15 is 0 Å². The van der Waals surface area contributed by atoms with Crippen LogP contribution >= 0.6 is 15.9 Å². The molecule has 0 aliphatic heterocycles. The van der Waals surface area contributed by atoms with E-state index in [9.17, 15) is 4.79 Å². The van der Waals surface area contributed by atoms with Crippen molar-refractivity contribution in [1.82, 2.24) is 24.9 Å². The summed E-state index contributed by atoms with van der Waals surface area (Å²) in [5, 5.41) is 11.6. The normalized spacial score (nSPS) is 10.8. The predicted molar refractivity (Wildman–Crippen MR) is 95.1 cm³/mol. The van der Waals surface area contributed by atoms with E-state index in [0.29, 0.717) is 17.8 Å². The molecule has 6 nitrogen and oxygen atoms in total. The van der Waals surface area contributed by atoms with Crippen LogP contribution in [0.4, 0.5) is 0 Å². The number of halogens is 1. The van der Waals surface area contributed by atoms with Crippen molar-refractivity contribution in [1.29, 1.82) is 0 Å². The number of rotatable bonds is 4. The molecule has 0 spiro atoms. The Hall–Kier alpha value is -2.41. The first-order chi connectivity index (χ1) is 11.5. The molecular weight excluding hydrogens is 370 g/mol. The average Bonchev–Trinajstić information content (AvgIpc) is 3.05. The molecule has 24 heavy (non-hydrogen) atoms. The molecule has 0 aliphatic rings. The highest BCUT2D eigenvalue weighted by molar-refractivity contribution is 9.10. The van der Waals surface area contributed by atoms with E-state index in [1.54, 1.807) is 15.6 Å². The topological polar surface area (TPSA) is 64.7 Å². The molecule has 124 valence electrons. The lowest BCUT2D eigenvalue weighted by atomic mass is 10.2.